The largest absolute Gasteiger partial charge is 0.481 e. The SMILES string of the molecule is COc1cc(-c2cc(C(=O)N3C4CCCC3CC4)[nH]n2)c(F)cn1. The number of carbonyl (C=O) groups excluding carboxylic acids is 1. The number of fused-ring (bicyclic) bond motifs is 2. The van der Waals surface area contributed by atoms with E-state index in [2.05, 4.69) is 15.2 Å². The fourth-order valence-electron chi connectivity index (χ4n) is 3.88. The number of aromatic nitrogens is 3. The van der Waals surface area contributed by atoms with E-state index in [9.17, 15) is 9.18 Å². The van der Waals surface area contributed by atoms with Crippen LogP contribution in [0.5, 0.6) is 5.88 Å². The summed E-state index contributed by atoms with van der Waals surface area (Å²) < 4.78 is 19.0. The zero-order valence-electron chi connectivity index (χ0n) is 13.5. The third kappa shape index (κ3) is 2.44. The van der Waals surface area contributed by atoms with Crippen molar-refractivity contribution in [2.24, 2.45) is 0 Å². The number of rotatable bonds is 3. The van der Waals surface area contributed by atoms with E-state index in [0.717, 1.165) is 31.9 Å². The van der Waals surface area contributed by atoms with Crippen LogP contribution in [-0.4, -0.2) is 45.2 Å². The highest BCUT2D eigenvalue weighted by Crippen LogP contribution is 2.36. The average molecular weight is 330 g/mol. The van der Waals surface area contributed by atoms with Gasteiger partial charge < -0.3 is 9.64 Å². The highest BCUT2D eigenvalue weighted by atomic mass is 19.1. The Morgan fingerprint density at radius 1 is 1.29 bits per heavy atom. The molecule has 7 heteroatoms. The minimum Gasteiger partial charge on any atom is -0.481 e. The summed E-state index contributed by atoms with van der Waals surface area (Å²) in [4.78, 5) is 18.6. The number of pyridine rings is 1. The summed E-state index contributed by atoms with van der Waals surface area (Å²) in [6.07, 6.45) is 6.57. The van der Waals surface area contributed by atoms with Gasteiger partial charge in [-0.15, -0.1) is 0 Å². The maximum Gasteiger partial charge on any atom is 0.272 e. The lowest BCUT2D eigenvalue weighted by atomic mass is 10.0. The first kappa shape index (κ1) is 15.1. The quantitative estimate of drug-likeness (QED) is 0.939. The predicted molar refractivity (Wildman–Crippen MR) is 85.2 cm³/mol. The number of amides is 1. The summed E-state index contributed by atoms with van der Waals surface area (Å²) in [6.45, 7) is 0. The van der Waals surface area contributed by atoms with Crippen molar-refractivity contribution in [3.63, 3.8) is 0 Å². The zero-order valence-corrected chi connectivity index (χ0v) is 13.5. The number of methoxy groups -OCH3 is 1. The summed E-state index contributed by atoms with van der Waals surface area (Å²) in [5.74, 6) is -0.238. The Morgan fingerprint density at radius 2 is 2.04 bits per heavy atom. The van der Waals surface area contributed by atoms with E-state index >= 15 is 0 Å². The number of ether oxygens (including phenoxy) is 1. The molecule has 2 unspecified atom stereocenters. The van der Waals surface area contributed by atoms with Crippen LogP contribution in [0, 0.1) is 5.82 Å². The van der Waals surface area contributed by atoms with Gasteiger partial charge in [0.2, 0.25) is 5.88 Å². The first-order valence-electron chi connectivity index (χ1n) is 8.25. The Bertz CT molecular complexity index is 760. The standard InChI is InChI=1S/C17H19FN4O2/c1-24-16-7-12(13(18)9-19-16)14-8-15(21-20-14)17(23)22-10-3-2-4-11(22)6-5-10/h7-11H,2-6H2,1H3,(H,20,21). The van der Waals surface area contributed by atoms with E-state index in [-0.39, 0.29) is 11.5 Å². The molecule has 0 aliphatic carbocycles. The van der Waals surface area contributed by atoms with Gasteiger partial charge in [-0.3, -0.25) is 9.89 Å². The molecular weight excluding hydrogens is 311 g/mol. The number of nitrogens with zero attached hydrogens (tertiary/aromatic N) is 3. The number of H-pyrrole nitrogens is 1. The summed E-state index contributed by atoms with van der Waals surface area (Å²) in [7, 11) is 1.47. The topological polar surface area (TPSA) is 71.1 Å². The van der Waals surface area contributed by atoms with Crippen molar-refractivity contribution in [3.05, 3.63) is 29.8 Å². The molecule has 2 fully saturated rings. The third-order valence-electron chi connectivity index (χ3n) is 5.05. The number of nitrogens with one attached hydrogen (secondary N) is 1. The molecule has 2 aromatic rings. The molecule has 2 saturated heterocycles. The van der Waals surface area contributed by atoms with Crippen molar-refractivity contribution in [1.82, 2.24) is 20.1 Å². The fraction of sp³-hybridized carbons (Fsp3) is 0.471. The van der Waals surface area contributed by atoms with E-state index in [1.165, 1.54) is 19.6 Å². The number of halogens is 1. The number of piperidine rings is 1. The minimum absolute atomic E-state index is 0.0395. The number of aromatic amines is 1. The zero-order chi connectivity index (χ0) is 16.7. The molecule has 6 nitrogen and oxygen atoms in total. The van der Waals surface area contributed by atoms with E-state index in [0.29, 0.717) is 29.4 Å². The maximum absolute atomic E-state index is 14.0. The molecule has 2 bridgehead atoms. The van der Waals surface area contributed by atoms with Crippen LogP contribution in [0.3, 0.4) is 0 Å². The summed E-state index contributed by atoms with van der Waals surface area (Å²) in [5.41, 5.74) is 1.04. The Balaban J connectivity index is 1.62. The van der Waals surface area contributed by atoms with Gasteiger partial charge in [-0.1, -0.05) is 0 Å². The molecule has 2 aliphatic rings. The summed E-state index contributed by atoms with van der Waals surface area (Å²) in [6, 6.07) is 3.75. The Labute approximate surface area is 139 Å². The predicted octanol–water partition coefficient (Wildman–Crippen LogP) is 2.78. The number of hydrogen-bond donors (Lipinski definition) is 1. The first-order chi connectivity index (χ1) is 11.7. The maximum atomic E-state index is 14.0. The summed E-state index contributed by atoms with van der Waals surface area (Å²) >= 11 is 0. The molecule has 0 spiro atoms. The lowest BCUT2D eigenvalue weighted by Crippen LogP contribution is -2.44. The molecule has 2 aromatic heterocycles. The van der Waals surface area contributed by atoms with Crippen LogP contribution in [0.25, 0.3) is 11.3 Å². The molecule has 4 rings (SSSR count). The number of carbonyl (C=O) groups is 1. The van der Waals surface area contributed by atoms with Crippen LogP contribution in [-0.2, 0) is 0 Å². The third-order valence-corrected chi connectivity index (χ3v) is 5.05. The van der Waals surface area contributed by atoms with Gasteiger partial charge >= 0.3 is 0 Å². The van der Waals surface area contributed by atoms with E-state index in [4.69, 9.17) is 4.74 Å². The fourth-order valence-corrected chi connectivity index (χ4v) is 3.88. The molecule has 0 saturated carbocycles. The van der Waals surface area contributed by atoms with Crippen molar-refractivity contribution in [2.45, 2.75) is 44.2 Å². The van der Waals surface area contributed by atoms with Crippen molar-refractivity contribution >= 4 is 5.91 Å². The second kappa shape index (κ2) is 5.89. The molecule has 2 atom stereocenters. The van der Waals surface area contributed by atoms with Gasteiger partial charge in [0.05, 0.1) is 19.0 Å². The van der Waals surface area contributed by atoms with Crippen LogP contribution < -0.4 is 4.74 Å². The van der Waals surface area contributed by atoms with Crippen molar-refractivity contribution < 1.29 is 13.9 Å². The number of hydrogen-bond acceptors (Lipinski definition) is 4. The Morgan fingerprint density at radius 3 is 2.75 bits per heavy atom. The molecule has 2 aliphatic heterocycles. The molecule has 126 valence electrons. The van der Waals surface area contributed by atoms with Gasteiger partial charge in [-0.2, -0.15) is 5.10 Å². The second-order valence-corrected chi connectivity index (χ2v) is 6.40. The molecule has 1 N–H and O–H groups in total. The second-order valence-electron chi connectivity index (χ2n) is 6.40. The van der Waals surface area contributed by atoms with Crippen LogP contribution in [0.15, 0.2) is 18.3 Å². The van der Waals surface area contributed by atoms with Crippen molar-refractivity contribution in [2.75, 3.05) is 7.11 Å². The van der Waals surface area contributed by atoms with E-state index in [1.54, 1.807) is 6.07 Å². The monoisotopic (exact) mass is 330 g/mol. The van der Waals surface area contributed by atoms with Crippen LogP contribution in [0.4, 0.5) is 4.39 Å². The molecule has 4 heterocycles. The molecular formula is C17H19FN4O2. The van der Waals surface area contributed by atoms with Crippen molar-refractivity contribution in [1.29, 1.82) is 0 Å². The summed E-state index contributed by atoms with van der Waals surface area (Å²) in [5, 5.41) is 6.88. The van der Waals surface area contributed by atoms with Gasteiger partial charge in [-0.05, 0) is 38.2 Å². The average Bonchev–Trinajstić information content (AvgIpc) is 3.18. The van der Waals surface area contributed by atoms with Crippen LogP contribution in [0.1, 0.15) is 42.6 Å². The first-order valence-corrected chi connectivity index (χ1v) is 8.25. The van der Waals surface area contributed by atoms with Crippen molar-refractivity contribution in [3.8, 4) is 17.1 Å². The van der Waals surface area contributed by atoms with Gasteiger partial charge in [0.1, 0.15) is 5.69 Å². The lowest BCUT2D eigenvalue weighted by molar-refractivity contribution is 0.0589. The molecule has 0 radical (unpaired) electrons. The van der Waals surface area contributed by atoms with Crippen LogP contribution >= 0.6 is 0 Å². The normalized spacial score (nSPS) is 22.7. The van der Waals surface area contributed by atoms with Gasteiger partial charge in [0, 0.05) is 23.7 Å². The molecule has 24 heavy (non-hydrogen) atoms. The molecule has 0 aromatic carbocycles. The highest BCUT2D eigenvalue weighted by molar-refractivity contribution is 5.94. The lowest BCUT2D eigenvalue weighted by Gasteiger charge is -2.34. The van der Waals surface area contributed by atoms with Gasteiger partial charge in [0.25, 0.3) is 5.91 Å². The minimum atomic E-state index is -0.501. The Kier molecular flexibility index (Phi) is 3.70. The van der Waals surface area contributed by atoms with Gasteiger partial charge in [0.15, 0.2) is 5.82 Å². The van der Waals surface area contributed by atoms with E-state index < -0.39 is 5.82 Å². The highest BCUT2D eigenvalue weighted by Gasteiger charge is 2.40. The Hall–Kier alpha value is -2.44. The molecule has 1 amide bonds. The van der Waals surface area contributed by atoms with Gasteiger partial charge in [-0.25, -0.2) is 9.37 Å². The smallest absolute Gasteiger partial charge is 0.272 e. The van der Waals surface area contributed by atoms with Crippen LogP contribution in [0.2, 0.25) is 0 Å². The van der Waals surface area contributed by atoms with E-state index in [1.807, 2.05) is 4.90 Å².